The van der Waals surface area contributed by atoms with Crippen molar-refractivity contribution >= 4 is 5.97 Å². The van der Waals surface area contributed by atoms with Gasteiger partial charge in [0.05, 0.1) is 0 Å². The second kappa shape index (κ2) is 3.22. The van der Waals surface area contributed by atoms with Crippen molar-refractivity contribution < 1.29 is 9.53 Å². The van der Waals surface area contributed by atoms with Crippen LogP contribution in [0.5, 0.6) is 0 Å². The van der Waals surface area contributed by atoms with Gasteiger partial charge in [0.2, 0.25) is 0 Å². The van der Waals surface area contributed by atoms with Gasteiger partial charge in [-0.2, -0.15) is 0 Å². The second-order valence-electron chi connectivity index (χ2n) is 6.33. The fraction of sp³-hybridized carbons (Fsp3) is 0.923. The second-order valence-corrected chi connectivity index (χ2v) is 6.33. The number of esters is 1. The summed E-state index contributed by atoms with van der Waals surface area (Å²) in [4.78, 5) is 11.5. The summed E-state index contributed by atoms with van der Waals surface area (Å²) in [6.45, 7) is 1.86. The van der Waals surface area contributed by atoms with Gasteiger partial charge in [-0.25, -0.2) is 0 Å². The maximum Gasteiger partial charge on any atom is 0.306 e. The standard InChI is InChI=1S/C13H21NO2/c1-2-11(15)16-13-6-9-3-10(7-13)5-12(14,4-9)8-13/h9-10H,2-8,14H2,1H3. The highest BCUT2D eigenvalue weighted by Crippen LogP contribution is 2.57. The van der Waals surface area contributed by atoms with Gasteiger partial charge >= 0.3 is 5.97 Å². The number of carbonyl (C=O) groups excluding carboxylic acids is 1. The van der Waals surface area contributed by atoms with Crippen LogP contribution in [0.3, 0.4) is 0 Å². The average Bonchev–Trinajstić information content (AvgIpc) is 2.12. The molecule has 4 fully saturated rings. The largest absolute Gasteiger partial charge is 0.459 e. The van der Waals surface area contributed by atoms with E-state index in [-0.39, 0.29) is 17.1 Å². The maximum atomic E-state index is 11.5. The van der Waals surface area contributed by atoms with Crippen molar-refractivity contribution in [2.24, 2.45) is 17.6 Å². The van der Waals surface area contributed by atoms with Crippen LogP contribution in [-0.4, -0.2) is 17.1 Å². The molecule has 0 spiro atoms. The van der Waals surface area contributed by atoms with E-state index >= 15 is 0 Å². The van der Waals surface area contributed by atoms with Crippen molar-refractivity contribution in [3.05, 3.63) is 0 Å². The van der Waals surface area contributed by atoms with Crippen LogP contribution in [0.2, 0.25) is 0 Å². The van der Waals surface area contributed by atoms with Gasteiger partial charge < -0.3 is 10.5 Å². The summed E-state index contributed by atoms with van der Waals surface area (Å²) in [5.74, 6) is 1.36. The molecule has 2 unspecified atom stereocenters. The van der Waals surface area contributed by atoms with Gasteiger partial charge in [-0.3, -0.25) is 4.79 Å². The molecule has 0 aromatic rings. The first-order chi connectivity index (χ1) is 7.53. The third-order valence-electron chi connectivity index (χ3n) is 4.67. The number of rotatable bonds is 2. The van der Waals surface area contributed by atoms with Crippen LogP contribution >= 0.6 is 0 Å². The SMILES string of the molecule is CCC(=O)OC12CC3CC(CC(N)(C3)C1)C2. The molecule has 2 N–H and O–H groups in total. The van der Waals surface area contributed by atoms with Crippen LogP contribution in [-0.2, 0) is 9.53 Å². The molecule has 4 aliphatic carbocycles. The van der Waals surface area contributed by atoms with E-state index in [4.69, 9.17) is 10.5 Å². The highest BCUT2D eigenvalue weighted by Gasteiger charge is 2.58. The van der Waals surface area contributed by atoms with Gasteiger partial charge in [-0.05, 0) is 43.9 Å². The Morgan fingerprint density at radius 3 is 2.44 bits per heavy atom. The molecule has 0 radical (unpaired) electrons. The Kier molecular flexibility index (Phi) is 2.13. The van der Waals surface area contributed by atoms with Crippen LogP contribution in [0.1, 0.15) is 51.9 Å². The molecule has 4 saturated carbocycles. The molecule has 0 aliphatic heterocycles. The first-order valence-electron chi connectivity index (χ1n) is 6.53. The summed E-state index contributed by atoms with van der Waals surface area (Å²) in [6.07, 6.45) is 7.12. The first kappa shape index (κ1) is 10.6. The van der Waals surface area contributed by atoms with Crippen molar-refractivity contribution in [3.63, 3.8) is 0 Å². The van der Waals surface area contributed by atoms with Crippen molar-refractivity contribution in [2.45, 2.75) is 63.0 Å². The minimum absolute atomic E-state index is 0.0297. The van der Waals surface area contributed by atoms with Gasteiger partial charge in [0.1, 0.15) is 5.60 Å². The molecule has 3 nitrogen and oxygen atoms in total. The monoisotopic (exact) mass is 223 g/mol. The van der Waals surface area contributed by atoms with Crippen LogP contribution in [0.15, 0.2) is 0 Å². The Labute approximate surface area is 96.7 Å². The quantitative estimate of drug-likeness (QED) is 0.728. The Bertz CT molecular complexity index is 312. The Hall–Kier alpha value is -0.570. The van der Waals surface area contributed by atoms with Gasteiger partial charge in [0.25, 0.3) is 0 Å². The number of nitrogens with two attached hydrogens (primary N) is 1. The van der Waals surface area contributed by atoms with E-state index in [1.165, 1.54) is 6.42 Å². The maximum absolute atomic E-state index is 11.5. The fourth-order valence-corrected chi connectivity index (χ4v) is 4.68. The highest BCUT2D eigenvalue weighted by molar-refractivity contribution is 5.69. The van der Waals surface area contributed by atoms with E-state index in [1.54, 1.807) is 0 Å². The highest BCUT2D eigenvalue weighted by atomic mass is 16.6. The van der Waals surface area contributed by atoms with Crippen LogP contribution in [0, 0.1) is 11.8 Å². The number of hydrogen-bond donors (Lipinski definition) is 1. The fourth-order valence-electron chi connectivity index (χ4n) is 4.68. The molecule has 90 valence electrons. The van der Waals surface area contributed by atoms with E-state index in [9.17, 15) is 4.79 Å². The average molecular weight is 223 g/mol. The zero-order chi connectivity index (χ0) is 11.4. The van der Waals surface area contributed by atoms with Gasteiger partial charge in [-0.15, -0.1) is 0 Å². The zero-order valence-corrected chi connectivity index (χ0v) is 10.00. The Balaban J connectivity index is 1.83. The molecule has 0 aromatic carbocycles. The number of ether oxygens (including phenoxy) is 1. The van der Waals surface area contributed by atoms with Crippen LogP contribution in [0.4, 0.5) is 0 Å². The number of hydrogen-bond acceptors (Lipinski definition) is 3. The summed E-state index contributed by atoms with van der Waals surface area (Å²) in [5, 5.41) is 0. The predicted octanol–water partition coefficient (Wildman–Crippen LogP) is 1.99. The molecule has 0 amide bonds. The molecule has 16 heavy (non-hydrogen) atoms. The van der Waals surface area contributed by atoms with E-state index in [2.05, 4.69) is 0 Å². The minimum Gasteiger partial charge on any atom is -0.459 e. The van der Waals surface area contributed by atoms with Gasteiger partial charge in [-0.1, -0.05) is 6.92 Å². The Morgan fingerprint density at radius 2 is 1.94 bits per heavy atom. The van der Waals surface area contributed by atoms with E-state index in [1.807, 2.05) is 6.92 Å². The first-order valence-corrected chi connectivity index (χ1v) is 6.53. The van der Waals surface area contributed by atoms with Crippen molar-refractivity contribution in [1.29, 1.82) is 0 Å². The molecule has 4 bridgehead atoms. The minimum atomic E-state index is -0.189. The van der Waals surface area contributed by atoms with Crippen molar-refractivity contribution in [2.75, 3.05) is 0 Å². The third-order valence-corrected chi connectivity index (χ3v) is 4.67. The lowest BCUT2D eigenvalue weighted by Gasteiger charge is -2.59. The smallest absolute Gasteiger partial charge is 0.306 e. The third kappa shape index (κ3) is 1.56. The lowest BCUT2D eigenvalue weighted by atomic mass is 9.51. The van der Waals surface area contributed by atoms with Crippen LogP contribution < -0.4 is 5.73 Å². The molecule has 4 rings (SSSR count). The van der Waals surface area contributed by atoms with Gasteiger partial charge in [0.15, 0.2) is 0 Å². The van der Waals surface area contributed by atoms with Gasteiger partial charge in [0, 0.05) is 18.4 Å². The van der Waals surface area contributed by atoms with E-state index in [0.29, 0.717) is 18.3 Å². The summed E-state index contributed by atoms with van der Waals surface area (Å²) in [5.41, 5.74) is 6.21. The summed E-state index contributed by atoms with van der Waals surface area (Å²) < 4.78 is 5.75. The predicted molar refractivity (Wildman–Crippen MR) is 60.7 cm³/mol. The molecule has 0 saturated heterocycles. The molecule has 4 aliphatic rings. The van der Waals surface area contributed by atoms with E-state index in [0.717, 1.165) is 32.1 Å². The van der Waals surface area contributed by atoms with Crippen LogP contribution in [0.25, 0.3) is 0 Å². The lowest BCUT2D eigenvalue weighted by molar-refractivity contribution is -0.188. The molecular formula is C13H21NO2. The normalized spacial score (nSPS) is 49.4. The topological polar surface area (TPSA) is 52.3 Å². The molecular weight excluding hydrogens is 202 g/mol. The summed E-state index contributed by atoms with van der Waals surface area (Å²) >= 11 is 0. The van der Waals surface area contributed by atoms with Crippen molar-refractivity contribution in [3.8, 4) is 0 Å². The summed E-state index contributed by atoms with van der Waals surface area (Å²) in [6, 6.07) is 0. The van der Waals surface area contributed by atoms with Crippen molar-refractivity contribution in [1.82, 2.24) is 0 Å². The lowest BCUT2D eigenvalue weighted by Crippen LogP contribution is -2.64. The zero-order valence-electron chi connectivity index (χ0n) is 10.00. The number of carbonyl (C=O) groups is 1. The molecule has 0 aromatic heterocycles. The summed E-state index contributed by atoms with van der Waals surface area (Å²) in [7, 11) is 0. The molecule has 2 atom stereocenters. The molecule has 3 heteroatoms. The molecule has 0 heterocycles. The Morgan fingerprint density at radius 1 is 1.31 bits per heavy atom. The van der Waals surface area contributed by atoms with E-state index < -0.39 is 0 Å².